The third-order valence-corrected chi connectivity index (χ3v) is 11.7. The number of hydrogen-bond donors (Lipinski definition) is 8. The van der Waals surface area contributed by atoms with Crippen molar-refractivity contribution in [1.82, 2.24) is 39.0 Å². The van der Waals surface area contributed by atoms with Crippen molar-refractivity contribution >= 4 is 68.6 Å². The maximum atomic E-state index is 10.8. The number of anilines is 2. The van der Waals surface area contributed by atoms with Crippen molar-refractivity contribution in [3.8, 4) is 0 Å². The molecule has 0 spiro atoms. The van der Waals surface area contributed by atoms with Gasteiger partial charge in [0.05, 0.1) is 37.0 Å². The lowest BCUT2D eigenvalue weighted by Crippen LogP contribution is -2.68. The second kappa shape index (κ2) is 18.6. The fraction of sp³-hybridized carbons (Fsp3) is 0.600. The van der Waals surface area contributed by atoms with Crippen molar-refractivity contribution in [3.05, 3.63) is 25.3 Å². The maximum absolute atomic E-state index is 10.8. The van der Waals surface area contributed by atoms with E-state index in [1.165, 1.54) is 46.2 Å². The van der Waals surface area contributed by atoms with Crippen LogP contribution in [0.15, 0.2) is 25.3 Å². The summed E-state index contributed by atoms with van der Waals surface area (Å²) in [6.45, 7) is 0. The summed E-state index contributed by atoms with van der Waals surface area (Å²) >= 11 is 1.41. The SMILES string of the molecule is C.C[S+](CC[C@H]([NH3+])C(=O)[O-])C[C@H]1O[C@@H](n2cnc3c(N)ncnc32)[C@@H](O)C1O.Nc1ncnc2c1ncn2[C@@H]1O[C@H](CSCC[C@H]([NH3+])C(=O)[O-])C(O)[C@@H]1O. The fourth-order valence-electron chi connectivity index (χ4n) is 5.67. The lowest BCUT2D eigenvalue weighted by atomic mass is 10.1. The van der Waals surface area contributed by atoms with Gasteiger partial charge in [0.25, 0.3) is 0 Å². The summed E-state index contributed by atoms with van der Waals surface area (Å²) in [5.41, 5.74) is 20.1. The predicted molar refractivity (Wildman–Crippen MR) is 191 cm³/mol. The summed E-state index contributed by atoms with van der Waals surface area (Å²) < 4.78 is 14.7. The lowest BCUT2D eigenvalue weighted by Gasteiger charge is -2.16. The number of fused-ring (bicyclic) bond motifs is 2. The summed E-state index contributed by atoms with van der Waals surface area (Å²) in [6, 6.07) is -1.55. The quantitative estimate of drug-likeness (QED) is 0.0434. The van der Waals surface area contributed by atoms with Gasteiger partial charge in [-0.3, -0.25) is 9.13 Å². The van der Waals surface area contributed by atoms with E-state index in [0.717, 1.165) is 0 Å². The van der Waals surface area contributed by atoms with Crippen molar-refractivity contribution in [3.63, 3.8) is 0 Å². The molecule has 3 unspecified atom stereocenters. The standard InChI is InChI=1S/C15H22N6O5S.C14H20N6O5S.CH4/c1-27(3-2-7(16)15(24)25)4-8-10(22)11(23)14(26-8)21-6-20-9-12(17)18-5-19-13(9)21;15-6(14(23)24)1-2-26-3-7-9(21)10(22)13(25-7)20-5-19-8-11(16)17-4-18-12(8)20;/h5-8,10-11,14,22-23H,2-4,16H2,1H3,(H2-,17,18,19,24,25);4-7,9-10,13,21-22H,1-3,15H2,(H,23,24)(H2,16,17,18);1H4/p+1/t7-,8+,10?,11-,14+,27?;6-,7+,9?,10-,13+;/m00./s1. The van der Waals surface area contributed by atoms with Gasteiger partial charge >= 0.3 is 0 Å². The minimum absolute atomic E-state index is 0. The van der Waals surface area contributed by atoms with Gasteiger partial charge in [-0.25, -0.2) is 29.9 Å². The van der Waals surface area contributed by atoms with Gasteiger partial charge in [-0.1, -0.05) is 7.43 Å². The minimum atomic E-state index is -1.19. The van der Waals surface area contributed by atoms with Crippen LogP contribution < -0.4 is 33.1 Å². The number of hydrogen-bond acceptors (Lipinski definition) is 19. The molecule has 6 rings (SSSR count). The van der Waals surface area contributed by atoms with Gasteiger partial charge in [0.15, 0.2) is 35.4 Å². The van der Waals surface area contributed by atoms with Gasteiger partial charge in [-0.05, 0) is 16.6 Å². The molecule has 54 heavy (non-hydrogen) atoms. The Bertz CT molecular complexity index is 1870. The van der Waals surface area contributed by atoms with E-state index in [2.05, 4.69) is 41.4 Å². The summed E-state index contributed by atoms with van der Waals surface area (Å²) in [5.74, 6) is 0.0785. The van der Waals surface area contributed by atoms with E-state index in [1.54, 1.807) is 0 Å². The molecule has 2 fully saturated rings. The Labute approximate surface area is 315 Å². The number of carbonyl (C=O) groups is 2. The van der Waals surface area contributed by atoms with Crippen LogP contribution >= 0.6 is 11.8 Å². The predicted octanol–water partition coefficient (Wildman–Crippen LogP) is -6.83. The average molecular weight is 800 g/mol. The second-order valence-corrected chi connectivity index (χ2v) is 16.0. The molecule has 0 amide bonds. The zero-order valence-corrected chi connectivity index (χ0v) is 30.2. The molecule has 0 aromatic carbocycles. The average Bonchev–Trinajstić information content (AvgIpc) is 3.89. The van der Waals surface area contributed by atoms with E-state index in [9.17, 15) is 40.2 Å². The molecule has 4 aromatic heterocycles. The smallest absolute Gasteiger partial charge is 0.167 e. The normalized spacial score (nSPS) is 26.9. The van der Waals surface area contributed by atoms with Crippen molar-refractivity contribution in [2.24, 2.45) is 0 Å². The van der Waals surface area contributed by atoms with Gasteiger partial charge in [0, 0.05) is 18.6 Å². The highest BCUT2D eigenvalue weighted by Crippen LogP contribution is 2.34. The number of quaternary nitrogens is 2. The van der Waals surface area contributed by atoms with Crippen LogP contribution in [0.4, 0.5) is 11.6 Å². The topological polar surface area (TPSA) is 374 Å². The molecule has 4 aromatic rings. The monoisotopic (exact) mass is 799 g/mol. The molecule has 14 N–H and O–H groups in total. The lowest BCUT2D eigenvalue weighted by molar-refractivity contribution is -0.437. The van der Waals surface area contributed by atoms with E-state index >= 15 is 0 Å². The van der Waals surface area contributed by atoms with Crippen LogP contribution in [0.1, 0.15) is 32.7 Å². The zero-order chi connectivity index (χ0) is 38.6. The first-order chi connectivity index (χ1) is 25.2. The number of carboxylic acid groups (broad SMARTS) is 2. The Hall–Kier alpha value is -3.98. The maximum Gasteiger partial charge on any atom is 0.167 e. The number of nitrogens with zero attached hydrogens (tertiary/aromatic N) is 8. The third kappa shape index (κ3) is 9.45. The number of aliphatic hydroxyl groups excluding tert-OH is 4. The number of nitrogen functional groups attached to an aromatic ring is 2. The number of ether oxygens (including phenoxy) is 2. The van der Waals surface area contributed by atoms with Crippen LogP contribution in [-0.4, -0.2) is 149 Å². The molecule has 11 atom stereocenters. The van der Waals surface area contributed by atoms with Crippen LogP contribution in [0.2, 0.25) is 0 Å². The molecule has 2 aliphatic rings. The first-order valence-electron chi connectivity index (χ1n) is 16.3. The van der Waals surface area contributed by atoms with E-state index in [-0.39, 0.29) is 30.0 Å². The minimum Gasteiger partial charge on any atom is -0.544 e. The first kappa shape index (κ1) is 42.8. The zero-order valence-electron chi connectivity index (χ0n) is 28.5. The van der Waals surface area contributed by atoms with Crippen LogP contribution in [0, 0.1) is 0 Å². The molecule has 0 aliphatic carbocycles. The molecule has 6 heterocycles. The molecule has 2 aliphatic heterocycles. The van der Waals surface area contributed by atoms with Gasteiger partial charge in [-0.2, -0.15) is 11.8 Å². The van der Waals surface area contributed by atoms with E-state index in [0.29, 0.717) is 58.2 Å². The number of aliphatic hydroxyl groups is 4. The van der Waals surface area contributed by atoms with Gasteiger partial charge in [0.1, 0.15) is 77.8 Å². The van der Waals surface area contributed by atoms with Crippen molar-refractivity contribution in [1.29, 1.82) is 0 Å². The van der Waals surface area contributed by atoms with Crippen molar-refractivity contribution < 1.29 is 61.2 Å². The number of carbonyl (C=O) groups excluding carboxylic acids is 2. The summed E-state index contributed by atoms with van der Waals surface area (Å²) in [5, 5.41) is 62.8. The Balaban J connectivity index is 0.000000236. The Kier molecular flexibility index (Phi) is 14.7. The van der Waals surface area contributed by atoms with E-state index < -0.39 is 73.1 Å². The largest absolute Gasteiger partial charge is 0.544 e. The number of rotatable bonds is 14. The number of aromatic nitrogens is 8. The molecule has 0 bridgehead atoms. The molecule has 0 saturated carbocycles. The number of nitrogens with two attached hydrogens (primary N) is 2. The fourth-order valence-corrected chi connectivity index (χ4v) is 8.49. The number of carboxylic acids is 2. The third-order valence-electron chi connectivity index (χ3n) is 8.82. The number of aliphatic carboxylic acids is 2. The molecule has 0 radical (unpaired) electrons. The Morgan fingerprint density at radius 3 is 1.78 bits per heavy atom. The second-order valence-electron chi connectivity index (χ2n) is 12.6. The molecular weight excluding hydrogens is 753 g/mol. The summed E-state index contributed by atoms with van der Waals surface area (Å²) in [4.78, 5) is 45.6. The van der Waals surface area contributed by atoms with Crippen molar-refractivity contribution in [2.45, 2.75) is 81.4 Å². The van der Waals surface area contributed by atoms with Crippen molar-refractivity contribution in [2.75, 3.05) is 40.7 Å². The molecule has 298 valence electrons. The van der Waals surface area contributed by atoms with Gasteiger partial charge in [-0.15, -0.1) is 0 Å². The van der Waals surface area contributed by atoms with Crippen LogP contribution in [0.5, 0.6) is 0 Å². The highest BCUT2D eigenvalue weighted by molar-refractivity contribution is 7.99. The highest BCUT2D eigenvalue weighted by Gasteiger charge is 2.47. The Morgan fingerprint density at radius 1 is 0.815 bits per heavy atom. The van der Waals surface area contributed by atoms with Gasteiger partial charge < -0.3 is 72.6 Å². The molecule has 2 saturated heterocycles. The van der Waals surface area contributed by atoms with Crippen LogP contribution in [-0.2, 0) is 30.0 Å². The van der Waals surface area contributed by atoms with E-state index in [1.807, 2.05) is 6.26 Å². The summed E-state index contributed by atoms with van der Waals surface area (Å²) in [7, 11) is -0.223. The molecular formula is C30H47N12O10S2+. The number of thioether (sulfide) groups is 1. The number of imidazole rings is 2. The Morgan fingerprint density at radius 2 is 1.28 bits per heavy atom. The van der Waals surface area contributed by atoms with Crippen LogP contribution in [0.25, 0.3) is 22.3 Å². The molecule has 24 heteroatoms. The van der Waals surface area contributed by atoms with Gasteiger partial charge in [0.2, 0.25) is 0 Å². The van der Waals surface area contributed by atoms with E-state index in [4.69, 9.17) is 20.9 Å². The highest BCUT2D eigenvalue weighted by atomic mass is 32.2. The molecule has 22 nitrogen and oxygen atoms in total. The summed E-state index contributed by atoms with van der Waals surface area (Å²) in [6.07, 6.45) is 0.696. The van der Waals surface area contributed by atoms with Crippen LogP contribution in [0.3, 0.4) is 0 Å². The first-order valence-corrected chi connectivity index (χ1v) is 19.5.